The van der Waals surface area contributed by atoms with Crippen LogP contribution in [-0.2, 0) is 57.5 Å². The maximum absolute atomic E-state index is 12.4. The highest BCUT2D eigenvalue weighted by Gasteiger charge is 2.24. The minimum absolute atomic E-state index is 0.00187. The Morgan fingerprint density at radius 1 is 0.394 bits per heavy atom. The van der Waals surface area contributed by atoms with Crippen LogP contribution >= 0.6 is 23.5 Å². The average Bonchev–Trinajstić information content (AvgIpc) is 4.27. The number of nitrogens with zero attached hydrogens (tertiary/aromatic N) is 1. The SMILES string of the molecule is O=C(O)CNC(=O)CN(CCCNC(=O)CCNC(=O)CCCC(=O)CCCC(=O)CCSCC(=O)NC1CC1)CCCNC(=O)CCNC(=O)CCCC(=O)CCCC(=O)CCSCC(=O)NC1CC1. The predicted molar refractivity (Wildman–Crippen MR) is 269 cm³/mol. The Labute approximate surface area is 425 Å². The molecule has 0 aliphatic heterocycles. The summed E-state index contributed by atoms with van der Waals surface area (Å²) in [6, 6.07) is 0.637. The largest absolute Gasteiger partial charge is 0.480 e. The van der Waals surface area contributed by atoms with E-state index in [0.29, 0.717) is 112 Å². The molecular weight excluding hydrogens is 961 g/mol. The van der Waals surface area contributed by atoms with E-state index in [0.717, 1.165) is 25.7 Å². The molecule has 0 aromatic carbocycles. The van der Waals surface area contributed by atoms with Gasteiger partial charge in [-0.05, 0) is 64.2 Å². The zero-order valence-corrected chi connectivity index (χ0v) is 42.9. The third-order valence-electron chi connectivity index (χ3n) is 11.0. The van der Waals surface area contributed by atoms with Gasteiger partial charge in [0.1, 0.15) is 29.7 Å². The van der Waals surface area contributed by atoms with Crippen molar-refractivity contribution in [2.45, 2.75) is 153 Å². The molecule has 0 radical (unpaired) electrons. The number of thioether (sulfide) groups is 2. The van der Waals surface area contributed by atoms with Crippen LogP contribution in [0.5, 0.6) is 0 Å². The summed E-state index contributed by atoms with van der Waals surface area (Å²) in [7, 11) is 0. The third-order valence-corrected chi connectivity index (χ3v) is 13.0. The Bertz CT molecular complexity index is 1660. The molecule has 0 spiro atoms. The maximum Gasteiger partial charge on any atom is 0.322 e. The summed E-state index contributed by atoms with van der Waals surface area (Å²) in [6.45, 7) is 0.883. The molecule has 8 N–H and O–H groups in total. The van der Waals surface area contributed by atoms with Crippen molar-refractivity contribution >= 4 is 94.0 Å². The number of rotatable bonds is 46. The molecule has 2 rings (SSSR count). The van der Waals surface area contributed by atoms with Gasteiger partial charge in [0.25, 0.3) is 0 Å². The van der Waals surface area contributed by atoms with E-state index in [2.05, 4.69) is 37.2 Å². The lowest BCUT2D eigenvalue weighted by Crippen LogP contribution is -2.41. The lowest BCUT2D eigenvalue weighted by molar-refractivity contribution is -0.138. The molecule has 0 aromatic rings. The van der Waals surface area contributed by atoms with Crippen molar-refractivity contribution in [3.8, 4) is 0 Å². The van der Waals surface area contributed by atoms with E-state index < -0.39 is 18.4 Å². The fraction of sp³-hybridized carbons (Fsp3) is 0.750. The van der Waals surface area contributed by atoms with Crippen LogP contribution in [0.2, 0.25) is 0 Å². The van der Waals surface area contributed by atoms with Crippen molar-refractivity contribution in [2.75, 3.05) is 75.4 Å². The topological polar surface area (TPSA) is 313 Å². The molecule has 2 fully saturated rings. The van der Waals surface area contributed by atoms with Gasteiger partial charge in [-0.1, -0.05) is 0 Å². The number of hydrogen-bond donors (Lipinski definition) is 8. The van der Waals surface area contributed by atoms with Gasteiger partial charge in [-0.2, -0.15) is 23.5 Å². The molecular formula is C48H78N8O13S2. The Morgan fingerprint density at radius 3 is 1.13 bits per heavy atom. The van der Waals surface area contributed by atoms with E-state index in [-0.39, 0.29) is 143 Å². The van der Waals surface area contributed by atoms with E-state index in [1.54, 1.807) is 4.90 Å². The van der Waals surface area contributed by atoms with Crippen molar-refractivity contribution in [1.82, 2.24) is 42.1 Å². The van der Waals surface area contributed by atoms with E-state index in [1.165, 1.54) is 23.5 Å². The highest BCUT2D eigenvalue weighted by atomic mass is 32.2. The van der Waals surface area contributed by atoms with Gasteiger partial charge in [-0.25, -0.2) is 0 Å². The molecule has 0 heterocycles. The number of carbonyl (C=O) groups excluding carboxylic acids is 11. The molecule has 71 heavy (non-hydrogen) atoms. The van der Waals surface area contributed by atoms with Crippen LogP contribution in [0, 0.1) is 0 Å². The molecule has 2 aliphatic carbocycles. The molecule has 23 heteroatoms. The number of carboxylic acids is 1. The number of amides is 7. The van der Waals surface area contributed by atoms with Crippen molar-refractivity contribution < 1.29 is 62.6 Å². The molecule has 0 saturated heterocycles. The molecule has 0 unspecified atom stereocenters. The number of carbonyl (C=O) groups is 12. The number of aliphatic carboxylic acids is 1. The van der Waals surface area contributed by atoms with Crippen LogP contribution in [0.1, 0.15) is 141 Å². The van der Waals surface area contributed by atoms with Crippen LogP contribution in [-0.4, -0.2) is 168 Å². The molecule has 2 aliphatic rings. The van der Waals surface area contributed by atoms with Gasteiger partial charge in [-0.15, -0.1) is 0 Å². The zero-order chi connectivity index (χ0) is 52.1. The lowest BCUT2D eigenvalue weighted by atomic mass is 10.1. The Kier molecular flexibility index (Phi) is 33.9. The first-order valence-corrected chi connectivity index (χ1v) is 27.5. The summed E-state index contributed by atoms with van der Waals surface area (Å²) in [4.78, 5) is 146. The second-order valence-corrected chi connectivity index (χ2v) is 20.1. The summed E-state index contributed by atoms with van der Waals surface area (Å²) < 4.78 is 0. The van der Waals surface area contributed by atoms with Crippen LogP contribution in [0.15, 0.2) is 0 Å². The van der Waals surface area contributed by atoms with Crippen LogP contribution in [0.4, 0.5) is 0 Å². The lowest BCUT2D eigenvalue weighted by Gasteiger charge is -2.22. The molecule has 400 valence electrons. The molecule has 0 bridgehead atoms. The Hall–Kier alpha value is -4.90. The monoisotopic (exact) mass is 1040 g/mol. The van der Waals surface area contributed by atoms with Gasteiger partial charge in [0.15, 0.2) is 0 Å². The smallest absolute Gasteiger partial charge is 0.322 e. The molecule has 2 saturated carbocycles. The number of nitrogens with one attached hydrogen (secondary N) is 7. The predicted octanol–water partition coefficient (Wildman–Crippen LogP) is 1.28. The second kappa shape index (κ2) is 38.7. The highest BCUT2D eigenvalue weighted by molar-refractivity contribution is 8.00. The number of ketones is 4. The normalized spacial score (nSPS) is 12.9. The fourth-order valence-electron chi connectivity index (χ4n) is 6.80. The van der Waals surface area contributed by atoms with E-state index in [4.69, 9.17) is 5.11 Å². The third kappa shape index (κ3) is 38.5. The van der Waals surface area contributed by atoms with E-state index in [9.17, 15) is 57.5 Å². The van der Waals surface area contributed by atoms with Crippen molar-refractivity contribution in [1.29, 1.82) is 0 Å². The first-order valence-electron chi connectivity index (χ1n) is 25.2. The summed E-state index contributed by atoms with van der Waals surface area (Å²) in [5.74, 6) is -0.949. The highest BCUT2D eigenvalue weighted by Crippen LogP contribution is 2.20. The molecule has 0 atom stereocenters. The molecule has 0 aromatic heterocycles. The van der Waals surface area contributed by atoms with E-state index >= 15 is 0 Å². The molecule has 21 nitrogen and oxygen atoms in total. The standard InChI is InChI=1S/C48H78N8O13S2/c57-37(7-1-9-39(59)21-29-70-33-46(66)54-35-15-16-35)11-3-13-41(61)51-25-19-43(63)49-23-5-27-56(32-45(65)53-31-48(68)69)28-6-24-50-44(64)20-26-52-42(62)14-4-12-38(58)8-2-10-40(60)22-30-71-34-47(67)55-36-17-18-36/h35-36H,1-34H2,(H,49,63)(H,50,64)(H,51,61)(H,52,62)(H,53,65)(H,54,66)(H,55,67)(H,68,69). The number of hydrogen-bond acceptors (Lipinski definition) is 15. The van der Waals surface area contributed by atoms with Crippen LogP contribution in [0.3, 0.4) is 0 Å². The van der Waals surface area contributed by atoms with Crippen LogP contribution < -0.4 is 37.2 Å². The van der Waals surface area contributed by atoms with Gasteiger partial charge in [-0.3, -0.25) is 62.4 Å². The average molecular weight is 1040 g/mol. The fourth-order valence-corrected chi connectivity index (χ4v) is 8.37. The van der Waals surface area contributed by atoms with Gasteiger partial charge >= 0.3 is 5.97 Å². The summed E-state index contributed by atoms with van der Waals surface area (Å²) in [6.07, 6.45) is 9.26. The minimum atomic E-state index is -1.19. The van der Waals surface area contributed by atoms with Crippen molar-refractivity contribution in [3.63, 3.8) is 0 Å². The number of carboxylic acid groups (broad SMARTS) is 1. The first kappa shape index (κ1) is 62.2. The Morgan fingerprint density at radius 2 is 0.746 bits per heavy atom. The molecule has 7 amide bonds. The van der Waals surface area contributed by atoms with Gasteiger partial charge in [0.2, 0.25) is 41.4 Å². The maximum atomic E-state index is 12.4. The van der Waals surface area contributed by atoms with Crippen LogP contribution in [0.25, 0.3) is 0 Å². The van der Waals surface area contributed by atoms with Gasteiger partial charge in [0, 0.05) is 140 Å². The van der Waals surface area contributed by atoms with Crippen molar-refractivity contribution in [3.05, 3.63) is 0 Å². The first-order chi connectivity index (χ1) is 34.1. The summed E-state index contributed by atoms with van der Waals surface area (Å²) in [5, 5.41) is 27.9. The quantitative estimate of drug-likeness (QED) is 0.0398. The van der Waals surface area contributed by atoms with Gasteiger partial charge < -0.3 is 42.3 Å². The summed E-state index contributed by atoms with van der Waals surface area (Å²) in [5.41, 5.74) is 0. The minimum Gasteiger partial charge on any atom is -0.480 e. The van der Waals surface area contributed by atoms with Crippen molar-refractivity contribution in [2.24, 2.45) is 0 Å². The Balaban J connectivity index is 1.48. The van der Waals surface area contributed by atoms with Gasteiger partial charge in [0.05, 0.1) is 18.1 Å². The summed E-state index contributed by atoms with van der Waals surface area (Å²) >= 11 is 2.85. The second-order valence-electron chi connectivity index (χ2n) is 17.9. The van der Waals surface area contributed by atoms with E-state index in [1.807, 2.05) is 0 Å². The number of Topliss-reactive ketones (excluding diaryl/α,β-unsaturated/α-hetero) is 4. The zero-order valence-electron chi connectivity index (χ0n) is 41.3.